The summed E-state index contributed by atoms with van der Waals surface area (Å²) in [5.74, 6) is 5.59. The summed E-state index contributed by atoms with van der Waals surface area (Å²) in [6.07, 6.45) is 12.6. The molecule has 0 amide bonds. The zero-order valence-electron chi connectivity index (χ0n) is 15.1. The van der Waals surface area contributed by atoms with Gasteiger partial charge in [-0.15, -0.1) is 23.5 Å². The molecule has 1 heterocycles. The van der Waals surface area contributed by atoms with E-state index in [4.69, 9.17) is 0 Å². The van der Waals surface area contributed by atoms with Crippen LogP contribution in [0.1, 0.15) is 65.2 Å². The molecular formula is C21H30OS2. The molecule has 3 heteroatoms. The van der Waals surface area contributed by atoms with Crippen LogP contribution in [0.4, 0.5) is 0 Å². The van der Waals surface area contributed by atoms with Crippen molar-refractivity contribution < 1.29 is 4.79 Å². The summed E-state index contributed by atoms with van der Waals surface area (Å²) in [6.45, 7) is 4.89. The van der Waals surface area contributed by atoms with Crippen LogP contribution in [0.2, 0.25) is 0 Å². The van der Waals surface area contributed by atoms with Gasteiger partial charge < -0.3 is 0 Å². The van der Waals surface area contributed by atoms with E-state index >= 15 is 0 Å². The Balaban J connectivity index is 1.48. The largest absolute Gasteiger partial charge is 0.299 e. The molecule has 1 nitrogen and oxygen atoms in total. The number of Topliss-reactive ketones (excluding diaryl/α,β-unsaturated/α-hetero) is 1. The summed E-state index contributed by atoms with van der Waals surface area (Å²) in [5, 5.41) is 0. The molecule has 4 aliphatic carbocycles. The van der Waals surface area contributed by atoms with E-state index in [9.17, 15) is 4.79 Å². The molecule has 0 aromatic rings. The van der Waals surface area contributed by atoms with Gasteiger partial charge in [0.25, 0.3) is 0 Å². The first-order chi connectivity index (χ1) is 11.5. The monoisotopic (exact) mass is 362 g/mol. The summed E-state index contributed by atoms with van der Waals surface area (Å²) in [4.78, 5) is 12.5. The Kier molecular flexibility index (Phi) is 3.61. The van der Waals surface area contributed by atoms with Crippen molar-refractivity contribution in [3.05, 3.63) is 11.6 Å². The van der Waals surface area contributed by atoms with Crippen molar-refractivity contribution in [3.63, 3.8) is 0 Å². The van der Waals surface area contributed by atoms with Crippen LogP contribution in [0.3, 0.4) is 0 Å². The highest BCUT2D eigenvalue weighted by molar-refractivity contribution is 8.21. The minimum atomic E-state index is 0.0335. The third-order valence-electron chi connectivity index (χ3n) is 8.61. The van der Waals surface area contributed by atoms with Gasteiger partial charge >= 0.3 is 0 Å². The summed E-state index contributed by atoms with van der Waals surface area (Å²) < 4.78 is 0.425. The van der Waals surface area contributed by atoms with E-state index in [0.29, 0.717) is 21.2 Å². The lowest BCUT2D eigenvalue weighted by atomic mass is 9.47. The summed E-state index contributed by atoms with van der Waals surface area (Å²) in [7, 11) is 0. The fourth-order valence-corrected chi connectivity index (χ4v) is 10.3. The van der Waals surface area contributed by atoms with Crippen molar-refractivity contribution in [1.82, 2.24) is 0 Å². The average Bonchev–Trinajstić information content (AvgIpc) is 3.14. The molecule has 0 aromatic heterocycles. The molecule has 0 bridgehead atoms. The van der Waals surface area contributed by atoms with Crippen LogP contribution < -0.4 is 0 Å². The van der Waals surface area contributed by atoms with Gasteiger partial charge in [-0.05, 0) is 68.1 Å². The molecule has 24 heavy (non-hydrogen) atoms. The van der Waals surface area contributed by atoms with Crippen molar-refractivity contribution >= 4 is 29.3 Å². The Morgan fingerprint density at radius 3 is 2.46 bits per heavy atom. The predicted molar refractivity (Wildman–Crippen MR) is 104 cm³/mol. The fourth-order valence-electron chi connectivity index (χ4n) is 7.15. The summed E-state index contributed by atoms with van der Waals surface area (Å²) in [5.41, 5.74) is 2.27. The molecule has 5 rings (SSSR count). The van der Waals surface area contributed by atoms with Gasteiger partial charge in [0.15, 0.2) is 0 Å². The molecule has 1 aliphatic heterocycles. The van der Waals surface area contributed by atoms with Gasteiger partial charge in [0.05, 0.1) is 4.08 Å². The lowest BCUT2D eigenvalue weighted by Crippen LogP contribution is -2.51. The number of hydrogen-bond donors (Lipinski definition) is 0. The molecule has 3 saturated carbocycles. The van der Waals surface area contributed by atoms with E-state index in [2.05, 4.69) is 43.4 Å². The van der Waals surface area contributed by atoms with E-state index in [0.717, 1.165) is 24.7 Å². The second-order valence-corrected chi connectivity index (χ2v) is 12.5. The predicted octanol–water partition coefficient (Wildman–Crippen LogP) is 5.69. The minimum Gasteiger partial charge on any atom is -0.299 e. The molecule has 5 atom stereocenters. The van der Waals surface area contributed by atoms with E-state index in [-0.39, 0.29) is 5.41 Å². The summed E-state index contributed by atoms with van der Waals surface area (Å²) >= 11 is 4.41. The van der Waals surface area contributed by atoms with Crippen molar-refractivity contribution in [3.8, 4) is 0 Å². The van der Waals surface area contributed by atoms with Crippen LogP contribution in [-0.2, 0) is 4.79 Å². The number of rotatable bonds is 0. The second-order valence-electron chi connectivity index (χ2n) is 9.43. The minimum absolute atomic E-state index is 0.0335. The zero-order chi connectivity index (χ0) is 16.6. The molecule has 132 valence electrons. The zero-order valence-corrected chi connectivity index (χ0v) is 16.7. The number of thioether (sulfide) groups is 2. The molecule has 5 aliphatic rings. The summed E-state index contributed by atoms with van der Waals surface area (Å²) in [6, 6.07) is 0. The highest BCUT2D eigenvalue weighted by Crippen LogP contribution is 2.67. The number of ketones is 1. The number of carbonyl (C=O) groups is 1. The van der Waals surface area contributed by atoms with Crippen molar-refractivity contribution in [2.75, 3.05) is 11.5 Å². The molecule has 1 saturated heterocycles. The SMILES string of the molecule is C[C@]12CCC3(C=C1CC[C@@H]1[C@@H]2CC[C@]2(C)C(=O)CC[C@@H]12)SCCS3. The Hall–Kier alpha value is 0.110. The lowest BCUT2D eigenvalue weighted by Gasteiger charge is -2.58. The highest BCUT2D eigenvalue weighted by Gasteiger charge is 2.59. The Bertz CT molecular complexity index is 605. The lowest BCUT2D eigenvalue weighted by molar-refractivity contribution is -0.132. The van der Waals surface area contributed by atoms with E-state index < -0.39 is 0 Å². The number of hydrogen-bond acceptors (Lipinski definition) is 3. The maximum absolute atomic E-state index is 12.5. The first-order valence-corrected chi connectivity index (χ1v) is 12.0. The van der Waals surface area contributed by atoms with Gasteiger partial charge in [-0.25, -0.2) is 0 Å². The van der Waals surface area contributed by atoms with Crippen LogP contribution in [0.5, 0.6) is 0 Å². The van der Waals surface area contributed by atoms with Crippen LogP contribution in [-0.4, -0.2) is 21.4 Å². The molecule has 1 spiro atoms. The van der Waals surface area contributed by atoms with Crippen LogP contribution >= 0.6 is 23.5 Å². The molecular weight excluding hydrogens is 332 g/mol. The van der Waals surface area contributed by atoms with Gasteiger partial charge in [0.1, 0.15) is 5.78 Å². The number of allylic oxidation sites excluding steroid dienone is 1. The standard InChI is InChI=1S/C21H30OS2/c1-19-9-10-21(23-11-12-24-21)13-14(19)3-4-15-16-5-6-18(22)20(16,2)8-7-17(15)19/h13,15-17H,3-12H2,1-2H3/t15-,16-,17-,19-,20-/m0/s1. The maximum atomic E-state index is 12.5. The third kappa shape index (κ3) is 2.06. The van der Waals surface area contributed by atoms with Crippen molar-refractivity contribution in [2.45, 2.75) is 69.3 Å². The fraction of sp³-hybridized carbons (Fsp3) is 0.857. The van der Waals surface area contributed by atoms with Gasteiger partial charge in [-0.3, -0.25) is 4.79 Å². The molecule has 4 fully saturated rings. The average molecular weight is 363 g/mol. The van der Waals surface area contributed by atoms with Crippen LogP contribution in [0.25, 0.3) is 0 Å². The normalized spacial score (nSPS) is 49.5. The van der Waals surface area contributed by atoms with Gasteiger partial charge in [0.2, 0.25) is 0 Å². The van der Waals surface area contributed by atoms with E-state index in [1.54, 1.807) is 5.57 Å². The second kappa shape index (κ2) is 5.31. The Labute approximate surface area is 155 Å². The molecule has 0 unspecified atom stereocenters. The number of fused-ring (bicyclic) bond motifs is 5. The molecule has 0 N–H and O–H groups in total. The highest BCUT2D eigenvalue weighted by atomic mass is 32.2. The van der Waals surface area contributed by atoms with Crippen LogP contribution in [0.15, 0.2) is 11.6 Å². The van der Waals surface area contributed by atoms with Gasteiger partial charge in [-0.2, -0.15) is 0 Å². The smallest absolute Gasteiger partial charge is 0.139 e. The quantitative estimate of drug-likeness (QED) is 0.515. The Morgan fingerprint density at radius 1 is 0.917 bits per heavy atom. The van der Waals surface area contributed by atoms with E-state index in [1.807, 2.05) is 0 Å². The van der Waals surface area contributed by atoms with Gasteiger partial charge in [-0.1, -0.05) is 25.5 Å². The maximum Gasteiger partial charge on any atom is 0.139 e. The Morgan fingerprint density at radius 2 is 1.67 bits per heavy atom. The third-order valence-corrected chi connectivity index (χ3v) is 12.0. The molecule has 0 aromatic carbocycles. The van der Waals surface area contributed by atoms with E-state index in [1.165, 1.54) is 50.0 Å². The van der Waals surface area contributed by atoms with Crippen LogP contribution in [0, 0.1) is 28.6 Å². The van der Waals surface area contributed by atoms with Crippen molar-refractivity contribution in [1.29, 1.82) is 0 Å². The number of carbonyl (C=O) groups excluding carboxylic acids is 1. The topological polar surface area (TPSA) is 17.1 Å². The first kappa shape index (κ1) is 16.3. The van der Waals surface area contributed by atoms with Crippen molar-refractivity contribution in [2.24, 2.45) is 28.6 Å². The first-order valence-electron chi connectivity index (χ1n) is 10.0. The van der Waals surface area contributed by atoms with Gasteiger partial charge in [0, 0.05) is 23.3 Å². The molecule has 0 radical (unpaired) electrons.